The van der Waals surface area contributed by atoms with Crippen molar-refractivity contribution in [3.8, 4) is 5.75 Å². The Morgan fingerprint density at radius 1 is 1.11 bits per heavy atom. The third-order valence-corrected chi connectivity index (χ3v) is 5.62. The zero-order chi connectivity index (χ0) is 19.9. The lowest BCUT2D eigenvalue weighted by Gasteiger charge is -2.62. The van der Waals surface area contributed by atoms with Crippen molar-refractivity contribution in [2.75, 3.05) is 19.7 Å². The lowest BCUT2D eigenvalue weighted by Crippen LogP contribution is -2.73. The van der Waals surface area contributed by atoms with E-state index in [0.29, 0.717) is 38.2 Å². The van der Waals surface area contributed by atoms with Gasteiger partial charge in [0.2, 0.25) is 0 Å². The number of benzene rings is 1. The summed E-state index contributed by atoms with van der Waals surface area (Å²) in [5.41, 5.74) is 5.40. The zero-order valence-corrected chi connectivity index (χ0v) is 14.5. The molecule has 3 rings (SSSR count). The molecule has 9 heteroatoms. The van der Waals surface area contributed by atoms with Crippen LogP contribution in [0.3, 0.4) is 0 Å². The fourth-order valence-corrected chi connectivity index (χ4v) is 4.47. The van der Waals surface area contributed by atoms with Gasteiger partial charge in [-0.25, -0.2) is 0 Å². The van der Waals surface area contributed by atoms with Crippen LogP contribution in [-0.4, -0.2) is 38.1 Å². The molecule has 1 heterocycles. The third-order valence-electron chi connectivity index (χ3n) is 5.62. The molecule has 1 spiro atoms. The summed E-state index contributed by atoms with van der Waals surface area (Å²) in [5.74, 6) is -2.62. The Bertz CT molecular complexity index is 640. The molecule has 1 saturated heterocycles. The molecule has 1 saturated carbocycles. The summed E-state index contributed by atoms with van der Waals surface area (Å²) in [5, 5.41) is 2.40. The Hall–Kier alpha value is -1.48. The number of ether oxygens (including phenoxy) is 1. The molecule has 1 aliphatic carbocycles. The first-order valence-corrected chi connectivity index (χ1v) is 8.84. The average molecular weight is 396 g/mol. The van der Waals surface area contributed by atoms with Crippen molar-refractivity contribution in [1.82, 2.24) is 5.32 Å². The van der Waals surface area contributed by atoms with Gasteiger partial charge in [0.1, 0.15) is 12.4 Å². The van der Waals surface area contributed by atoms with E-state index in [9.17, 15) is 26.3 Å². The van der Waals surface area contributed by atoms with E-state index in [-0.39, 0.29) is 12.5 Å². The number of hydrogen-bond acceptors (Lipinski definition) is 3. The second kappa shape index (κ2) is 7.16. The van der Waals surface area contributed by atoms with Crippen molar-refractivity contribution in [2.45, 2.75) is 37.7 Å². The predicted molar refractivity (Wildman–Crippen MR) is 87.2 cm³/mol. The average Bonchev–Trinajstić information content (AvgIpc) is 2.50. The van der Waals surface area contributed by atoms with Gasteiger partial charge in [0, 0.05) is 19.1 Å². The van der Waals surface area contributed by atoms with Gasteiger partial charge in [0.25, 0.3) is 0 Å². The van der Waals surface area contributed by atoms with Gasteiger partial charge < -0.3 is 15.8 Å². The monoisotopic (exact) mass is 396 g/mol. The topological polar surface area (TPSA) is 47.3 Å². The van der Waals surface area contributed by atoms with Gasteiger partial charge in [0.15, 0.2) is 5.92 Å². The Labute approximate surface area is 153 Å². The molecule has 2 aliphatic rings. The van der Waals surface area contributed by atoms with Crippen LogP contribution in [0, 0.1) is 17.3 Å². The van der Waals surface area contributed by atoms with E-state index >= 15 is 0 Å². The summed E-state index contributed by atoms with van der Waals surface area (Å²) in [4.78, 5) is 0. The normalized spacial score (nSPS) is 28.1. The third kappa shape index (κ3) is 4.03. The summed E-state index contributed by atoms with van der Waals surface area (Å²) in [6.07, 6.45) is -9.36. The standard InChI is InChI=1S/C18H22F6N2O/c19-17(20,21)14(18(22,23)24)15-16(10-26-15)8-11(9-16)7-12-3-1-2-4-13(12)27-6-5-25/h1-4,11,14-15,26H,5-10,25H2. The van der Waals surface area contributed by atoms with Gasteiger partial charge in [0.05, 0.1) is 0 Å². The van der Waals surface area contributed by atoms with E-state index < -0.39 is 29.7 Å². The molecular formula is C18H22F6N2O. The molecule has 2 fully saturated rings. The summed E-state index contributed by atoms with van der Waals surface area (Å²) >= 11 is 0. The first kappa shape index (κ1) is 20.3. The molecule has 1 aromatic rings. The van der Waals surface area contributed by atoms with Crippen molar-refractivity contribution in [2.24, 2.45) is 23.0 Å². The molecule has 1 atom stereocenters. The molecule has 0 aromatic heterocycles. The van der Waals surface area contributed by atoms with Crippen LogP contribution in [0.5, 0.6) is 5.75 Å². The maximum atomic E-state index is 13.0. The van der Waals surface area contributed by atoms with Crippen LogP contribution >= 0.6 is 0 Å². The molecule has 152 valence electrons. The molecule has 3 N–H and O–H groups in total. The highest BCUT2D eigenvalue weighted by molar-refractivity contribution is 5.34. The Balaban J connectivity index is 1.65. The highest BCUT2D eigenvalue weighted by Gasteiger charge is 2.69. The van der Waals surface area contributed by atoms with Crippen LogP contribution in [-0.2, 0) is 6.42 Å². The van der Waals surface area contributed by atoms with E-state index in [1.807, 2.05) is 12.1 Å². The van der Waals surface area contributed by atoms with Crippen molar-refractivity contribution in [3.05, 3.63) is 29.8 Å². The highest BCUT2D eigenvalue weighted by Crippen LogP contribution is 2.59. The number of halogens is 6. The molecule has 0 radical (unpaired) electrons. The number of rotatable bonds is 6. The van der Waals surface area contributed by atoms with Crippen LogP contribution in [0.2, 0.25) is 0 Å². The van der Waals surface area contributed by atoms with Crippen LogP contribution in [0.15, 0.2) is 24.3 Å². The molecule has 3 nitrogen and oxygen atoms in total. The molecule has 1 aliphatic heterocycles. The second-order valence-corrected chi connectivity index (χ2v) is 7.51. The first-order chi connectivity index (χ1) is 12.6. The van der Waals surface area contributed by atoms with Gasteiger partial charge in [-0.2, -0.15) is 26.3 Å². The molecule has 27 heavy (non-hydrogen) atoms. The van der Waals surface area contributed by atoms with E-state index in [1.54, 1.807) is 12.1 Å². The zero-order valence-electron chi connectivity index (χ0n) is 14.5. The lowest BCUT2D eigenvalue weighted by molar-refractivity contribution is -0.314. The SMILES string of the molecule is NCCOc1ccccc1CC1CC2(CNC2C(C(F)(F)F)C(F)(F)F)C1. The van der Waals surface area contributed by atoms with Gasteiger partial charge >= 0.3 is 12.4 Å². The first-order valence-electron chi connectivity index (χ1n) is 8.84. The molecular weight excluding hydrogens is 374 g/mol. The Kier molecular flexibility index (Phi) is 5.37. The van der Waals surface area contributed by atoms with Crippen molar-refractivity contribution >= 4 is 0 Å². The van der Waals surface area contributed by atoms with Gasteiger partial charge in [-0.15, -0.1) is 0 Å². The number of alkyl halides is 6. The largest absolute Gasteiger partial charge is 0.492 e. The fourth-order valence-electron chi connectivity index (χ4n) is 4.47. The Morgan fingerprint density at radius 3 is 2.26 bits per heavy atom. The van der Waals surface area contributed by atoms with Crippen LogP contribution in [0.4, 0.5) is 26.3 Å². The van der Waals surface area contributed by atoms with E-state index in [0.717, 1.165) is 5.56 Å². The maximum Gasteiger partial charge on any atom is 0.402 e. The lowest BCUT2D eigenvalue weighted by atomic mass is 9.51. The van der Waals surface area contributed by atoms with Gasteiger partial charge in [-0.1, -0.05) is 18.2 Å². The number of hydrogen-bond donors (Lipinski definition) is 2. The maximum absolute atomic E-state index is 13.0. The number of nitrogens with two attached hydrogens (primary N) is 1. The molecule has 0 amide bonds. The van der Waals surface area contributed by atoms with Gasteiger partial charge in [-0.3, -0.25) is 0 Å². The van der Waals surface area contributed by atoms with Gasteiger partial charge in [-0.05, 0) is 42.2 Å². The summed E-state index contributed by atoms with van der Waals surface area (Å²) < 4.78 is 83.7. The number of para-hydroxylation sites is 1. The Morgan fingerprint density at radius 2 is 1.74 bits per heavy atom. The minimum atomic E-state index is -5.31. The van der Waals surface area contributed by atoms with E-state index in [4.69, 9.17) is 10.5 Å². The minimum absolute atomic E-state index is 0.0411. The fraction of sp³-hybridized carbons (Fsp3) is 0.667. The highest BCUT2D eigenvalue weighted by atomic mass is 19.4. The number of nitrogens with one attached hydrogen (secondary N) is 1. The van der Waals surface area contributed by atoms with Crippen LogP contribution in [0.25, 0.3) is 0 Å². The molecule has 1 unspecified atom stereocenters. The van der Waals surface area contributed by atoms with Crippen LogP contribution < -0.4 is 15.8 Å². The van der Waals surface area contributed by atoms with Crippen molar-refractivity contribution in [1.29, 1.82) is 0 Å². The minimum Gasteiger partial charge on any atom is -0.492 e. The quantitative estimate of drug-likeness (QED) is 0.722. The molecule has 1 aromatic carbocycles. The van der Waals surface area contributed by atoms with Crippen LogP contribution in [0.1, 0.15) is 18.4 Å². The van der Waals surface area contributed by atoms with Crippen molar-refractivity contribution < 1.29 is 31.1 Å². The van der Waals surface area contributed by atoms with E-state index in [2.05, 4.69) is 5.32 Å². The summed E-state index contributed by atoms with van der Waals surface area (Å²) in [7, 11) is 0. The predicted octanol–water partition coefficient (Wildman–Crippen LogP) is 3.68. The second-order valence-electron chi connectivity index (χ2n) is 7.51. The van der Waals surface area contributed by atoms with Crippen molar-refractivity contribution in [3.63, 3.8) is 0 Å². The summed E-state index contributed by atoms with van der Waals surface area (Å²) in [6, 6.07) is 5.69. The van der Waals surface area contributed by atoms with E-state index in [1.165, 1.54) is 0 Å². The molecule has 0 bridgehead atoms. The smallest absolute Gasteiger partial charge is 0.402 e. The summed E-state index contributed by atoms with van der Waals surface area (Å²) in [6.45, 7) is 0.892.